The van der Waals surface area contributed by atoms with Crippen LogP contribution < -0.4 is 23.7 Å². The number of aromatic hydroxyl groups is 1. The first-order valence-electron chi connectivity index (χ1n) is 29.4. The highest BCUT2D eigenvalue weighted by Gasteiger charge is 2.20. The fourth-order valence-corrected chi connectivity index (χ4v) is 9.80. The van der Waals surface area contributed by atoms with Crippen LogP contribution in [0.25, 0.3) is 32.3 Å². The molecular weight excluding hydrogens is 853 g/mol. The van der Waals surface area contributed by atoms with Crippen LogP contribution in [0.3, 0.4) is 0 Å². The highest BCUT2D eigenvalue weighted by molar-refractivity contribution is 6.26. The summed E-state index contributed by atoms with van der Waals surface area (Å²) in [6, 6.07) is 12.8. The number of phenolic OH excluding ortho intramolecular Hbond substituents is 1. The van der Waals surface area contributed by atoms with Gasteiger partial charge in [0.15, 0.2) is 34.5 Å². The summed E-state index contributed by atoms with van der Waals surface area (Å²) in [7, 11) is 0. The van der Waals surface area contributed by atoms with Crippen molar-refractivity contribution in [2.75, 3.05) is 33.0 Å². The normalized spacial score (nSPS) is 11.6. The summed E-state index contributed by atoms with van der Waals surface area (Å²) >= 11 is 0. The number of ether oxygens (including phenoxy) is 5. The van der Waals surface area contributed by atoms with Crippen molar-refractivity contribution >= 4 is 32.3 Å². The standard InChI is InChI=1S/C63H102O6/c1-6-11-16-21-26-31-36-41-65-59-47-53-52(46-58(59)64)54-48-60(66-42-37-32-27-22-17-12-7-2)62(68-44-39-34-29-24-19-14-9-4)50-56(54)57-51-63(69-45-40-35-30-25-20-15-10-5)61(49-55(53)57)67-43-38-33-28-23-18-13-8-3/h46-51,64H,6-45H2,1-5H3. The molecule has 0 amide bonds. The molecule has 0 saturated heterocycles. The summed E-state index contributed by atoms with van der Waals surface area (Å²) in [5.41, 5.74) is 0. The Morgan fingerprint density at radius 1 is 0.232 bits per heavy atom. The SMILES string of the molecule is CCCCCCCCCOc1cc2c(cc1O)c1cc(OCCCCCCCCC)c(OCCCCCCCCC)cc1c1cc(OCCCCCCCCC)c(OCCCCCCCCC)cc21. The van der Waals surface area contributed by atoms with Crippen LogP contribution >= 0.6 is 0 Å². The maximum Gasteiger partial charge on any atom is 0.161 e. The first-order chi connectivity index (χ1) is 34.1. The Morgan fingerprint density at radius 3 is 0.638 bits per heavy atom. The summed E-state index contributed by atoms with van der Waals surface area (Å²) in [5, 5.41) is 17.9. The lowest BCUT2D eigenvalue weighted by Gasteiger charge is -2.20. The topological polar surface area (TPSA) is 66.4 Å². The van der Waals surface area contributed by atoms with Crippen LogP contribution in [0, 0.1) is 0 Å². The third-order valence-electron chi connectivity index (χ3n) is 14.2. The van der Waals surface area contributed by atoms with Gasteiger partial charge in [-0.2, -0.15) is 0 Å². The van der Waals surface area contributed by atoms with Crippen molar-refractivity contribution in [3.63, 3.8) is 0 Å². The van der Waals surface area contributed by atoms with E-state index in [1.54, 1.807) is 0 Å². The fraction of sp³-hybridized carbons (Fsp3) is 0.714. The molecule has 6 nitrogen and oxygen atoms in total. The molecule has 0 spiro atoms. The molecule has 0 unspecified atom stereocenters. The van der Waals surface area contributed by atoms with Crippen LogP contribution in [-0.2, 0) is 0 Å². The minimum Gasteiger partial charge on any atom is -0.504 e. The molecule has 0 fully saturated rings. The van der Waals surface area contributed by atoms with E-state index in [1.165, 1.54) is 186 Å². The van der Waals surface area contributed by atoms with E-state index in [4.69, 9.17) is 23.7 Å². The van der Waals surface area contributed by atoms with Crippen molar-refractivity contribution in [3.05, 3.63) is 36.4 Å². The highest BCUT2D eigenvalue weighted by atomic mass is 16.5. The summed E-state index contributed by atoms with van der Waals surface area (Å²) in [5.74, 6) is 3.86. The first kappa shape index (κ1) is 58.0. The van der Waals surface area contributed by atoms with Gasteiger partial charge in [-0.1, -0.05) is 227 Å². The molecule has 4 rings (SSSR count). The Kier molecular flexibility index (Phi) is 31.3. The number of benzene rings is 4. The van der Waals surface area contributed by atoms with Crippen LogP contribution in [0.4, 0.5) is 0 Å². The van der Waals surface area contributed by atoms with Crippen LogP contribution in [0.5, 0.6) is 34.5 Å². The van der Waals surface area contributed by atoms with Gasteiger partial charge >= 0.3 is 0 Å². The second-order valence-electron chi connectivity index (χ2n) is 20.4. The third kappa shape index (κ3) is 22.2. The maximum absolute atomic E-state index is 11.7. The van der Waals surface area contributed by atoms with E-state index in [2.05, 4.69) is 65.0 Å². The van der Waals surface area contributed by atoms with Crippen molar-refractivity contribution < 1.29 is 28.8 Å². The fourth-order valence-electron chi connectivity index (χ4n) is 9.80. The van der Waals surface area contributed by atoms with Gasteiger partial charge in [0.05, 0.1) is 33.0 Å². The average molecular weight is 956 g/mol. The lowest BCUT2D eigenvalue weighted by Crippen LogP contribution is -2.04. The summed E-state index contributed by atoms with van der Waals surface area (Å²) in [4.78, 5) is 0. The number of hydrogen-bond acceptors (Lipinski definition) is 6. The van der Waals surface area contributed by atoms with Crippen molar-refractivity contribution in [1.82, 2.24) is 0 Å². The third-order valence-corrected chi connectivity index (χ3v) is 14.2. The van der Waals surface area contributed by atoms with Gasteiger partial charge in [-0.15, -0.1) is 0 Å². The van der Waals surface area contributed by atoms with E-state index in [0.29, 0.717) is 38.8 Å². The Hall–Kier alpha value is -3.54. The van der Waals surface area contributed by atoms with E-state index < -0.39 is 0 Å². The summed E-state index contributed by atoms with van der Waals surface area (Å²) < 4.78 is 33.3. The van der Waals surface area contributed by atoms with Gasteiger partial charge in [-0.05, 0) is 101 Å². The van der Waals surface area contributed by atoms with Gasteiger partial charge in [-0.25, -0.2) is 0 Å². The van der Waals surface area contributed by atoms with Crippen molar-refractivity contribution in [2.24, 2.45) is 0 Å². The van der Waals surface area contributed by atoms with Crippen molar-refractivity contribution in [1.29, 1.82) is 0 Å². The van der Waals surface area contributed by atoms with Gasteiger partial charge in [0.2, 0.25) is 0 Å². The summed E-state index contributed by atoms with van der Waals surface area (Å²) in [6.07, 6.45) is 43.0. The Labute approximate surface area is 422 Å². The van der Waals surface area contributed by atoms with Gasteiger partial charge in [0.25, 0.3) is 0 Å². The van der Waals surface area contributed by atoms with E-state index in [1.807, 2.05) is 6.07 Å². The smallest absolute Gasteiger partial charge is 0.161 e. The molecule has 4 aromatic carbocycles. The number of rotatable bonds is 45. The predicted octanol–water partition coefficient (Wildman–Crippen LogP) is 20.5. The molecule has 4 aromatic rings. The highest BCUT2D eigenvalue weighted by Crippen LogP contribution is 2.47. The molecule has 69 heavy (non-hydrogen) atoms. The van der Waals surface area contributed by atoms with Gasteiger partial charge in [-0.3, -0.25) is 0 Å². The van der Waals surface area contributed by atoms with Gasteiger partial charge < -0.3 is 28.8 Å². The molecule has 0 bridgehead atoms. The number of phenols is 1. The minimum atomic E-state index is 0.168. The molecule has 0 aliphatic heterocycles. The molecule has 0 radical (unpaired) electrons. The summed E-state index contributed by atoms with van der Waals surface area (Å²) in [6.45, 7) is 14.6. The molecule has 0 heterocycles. The molecule has 0 aromatic heterocycles. The van der Waals surface area contributed by atoms with E-state index in [9.17, 15) is 5.11 Å². The average Bonchev–Trinajstić information content (AvgIpc) is 3.36. The molecular formula is C63H102O6. The van der Waals surface area contributed by atoms with Crippen molar-refractivity contribution in [3.8, 4) is 34.5 Å². The van der Waals surface area contributed by atoms with Gasteiger partial charge in [0, 0.05) is 0 Å². The van der Waals surface area contributed by atoms with Crippen LogP contribution in [0.1, 0.15) is 259 Å². The minimum absolute atomic E-state index is 0.168. The zero-order valence-electron chi connectivity index (χ0n) is 45.2. The Balaban J connectivity index is 1.75. The molecule has 0 atom stereocenters. The van der Waals surface area contributed by atoms with Crippen LogP contribution in [-0.4, -0.2) is 38.1 Å². The second-order valence-corrected chi connectivity index (χ2v) is 20.4. The van der Waals surface area contributed by atoms with Crippen LogP contribution in [0.2, 0.25) is 0 Å². The molecule has 0 aliphatic rings. The van der Waals surface area contributed by atoms with E-state index in [-0.39, 0.29) is 5.75 Å². The zero-order chi connectivity index (χ0) is 49.0. The monoisotopic (exact) mass is 955 g/mol. The molecule has 6 heteroatoms. The Morgan fingerprint density at radius 2 is 0.406 bits per heavy atom. The molecule has 0 saturated carbocycles. The van der Waals surface area contributed by atoms with E-state index in [0.717, 1.165) is 93.8 Å². The maximum atomic E-state index is 11.7. The first-order valence-corrected chi connectivity index (χ1v) is 29.4. The van der Waals surface area contributed by atoms with Crippen molar-refractivity contribution in [2.45, 2.75) is 259 Å². The second kappa shape index (κ2) is 37.3. The Bertz CT molecular complexity index is 1860. The molecule has 390 valence electrons. The number of fused-ring (bicyclic) bond motifs is 6. The lowest BCUT2D eigenvalue weighted by molar-refractivity contribution is 0.259. The zero-order valence-corrected chi connectivity index (χ0v) is 45.2. The molecule has 1 N–H and O–H groups in total. The largest absolute Gasteiger partial charge is 0.504 e. The van der Waals surface area contributed by atoms with Crippen LogP contribution in [0.15, 0.2) is 36.4 Å². The quantitative estimate of drug-likeness (QED) is 0.0352. The number of unbranched alkanes of at least 4 members (excludes halogenated alkanes) is 30. The lowest BCUT2D eigenvalue weighted by atomic mass is 9.93. The molecule has 0 aliphatic carbocycles. The number of hydrogen-bond donors (Lipinski definition) is 1. The van der Waals surface area contributed by atoms with E-state index >= 15 is 0 Å². The predicted molar refractivity (Wildman–Crippen MR) is 298 cm³/mol. The van der Waals surface area contributed by atoms with Gasteiger partial charge in [0.1, 0.15) is 0 Å².